The molecule has 0 unspecified atom stereocenters. The summed E-state index contributed by atoms with van der Waals surface area (Å²) in [6.45, 7) is 0.571. The molecule has 1 N–H and O–H groups in total. The summed E-state index contributed by atoms with van der Waals surface area (Å²) in [5.74, 6) is 0. The van der Waals surface area contributed by atoms with Crippen LogP contribution in [0.1, 0.15) is 4.88 Å². The van der Waals surface area contributed by atoms with Crippen LogP contribution >= 0.6 is 11.3 Å². The number of benzene rings is 1. The van der Waals surface area contributed by atoms with Crippen LogP contribution in [0.4, 0.5) is 0 Å². The van der Waals surface area contributed by atoms with E-state index in [0.717, 1.165) is 0 Å². The van der Waals surface area contributed by atoms with Crippen molar-refractivity contribution in [3.05, 3.63) is 34.5 Å². The molecule has 1 aromatic carbocycles. The maximum atomic E-state index is 10.0. The van der Waals surface area contributed by atoms with Gasteiger partial charge in [0, 0.05) is 4.88 Å². The molecule has 2 rings (SSSR count). The van der Waals surface area contributed by atoms with Crippen LogP contribution in [0.15, 0.2) is 29.6 Å². The summed E-state index contributed by atoms with van der Waals surface area (Å²) in [7, 11) is 0. The predicted octanol–water partition coefficient (Wildman–Crippen LogP) is 2.06. The van der Waals surface area contributed by atoms with E-state index in [1.54, 1.807) is 17.7 Å². The molecule has 0 spiro atoms. The molecule has 0 bridgehead atoms. The number of hydrogen-bond donors (Lipinski definition) is 1. The highest BCUT2D eigenvalue weighted by Gasteiger charge is 2.01. The predicted molar refractivity (Wildman–Crippen MR) is 54.4 cm³/mol. The van der Waals surface area contributed by atoms with Crippen LogP contribution in [-0.2, 0) is 11.3 Å². The first-order chi connectivity index (χ1) is 6.42. The summed E-state index contributed by atoms with van der Waals surface area (Å²) < 4.78 is 0. The third-order valence-corrected chi connectivity index (χ3v) is 2.93. The number of fused-ring (bicyclic) bond motifs is 1. The molecular weight excluding hydrogens is 182 g/mol. The Bertz CT molecular complexity index is 422. The lowest BCUT2D eigenvalue weighted by atomic mass is 10.2. The molecule has 0 aliphatic rings. The monoisotopic (exact) mass is 190 g/mol. The lowest BCUT2D eigenvalue weighted by Crippen LogP contribution is -2.08. The summed E-state index contributed by atoms with van der Waals surface area (Å²) in [6, 6.07) is 8.15. The van der Waals surface area contributed by atoms with Crippen molar-refractivity contribution < 1.29 is 4.79 Å². The molecule has 0 atom stereocenters. The zero-order valence-corrected chi connectivity index (χ0v) is 7.73. The van der Waals surface area contributed by atoms with Crippen LogP contribution in [0.25, 0.3) is 10.8 Å². The molecule has 2 nitrogen and oxygen atoms in total. The van der Waals surface area contributed by atoms with Crippen LogP contribution in [-0.4, -0.2) is 6.41 Å². The molecule has 3 heteroatoms. The zero-order valence-electron chi connectivity index (χ0n) is 6.91. The molecule has 0 fully saturated rings. The van der Waals surface area contributed by atoms with E-state index in [-0.39, 0.29) is 0 Å². The highest BCUT2D eigenvalue weighted by molar-refractivity contribution is 7.11. The van der Waals surface area contributed by atoms with Gasteiger partial charge in [-0.1, -0.05) is 24.3 Å². The molecule has 65 valence electrons. The van der Waals surface area contributed by atoms with E-state index in [1.807, 2.05) is 12.1 Å². The van der Waals surface area contributed by atoms with E-state index >= 15 is 0 Å². The van der Waals surface area contributed by atoms with Gasteiger partial charge < -0.3 is 5.32 Å². The van der Waals surface area contributed by atoms with E-state index in [2.05, 4.69) is 22.8 Å². The third kappa shape index (κ3) is 1.55. The van der Waals surface area contributed by atoms with Gasteiger partial charge in [0.1, 0.15) is 0 Å². The zero-order chi connectivity index (χ0) is 9.10. The minimum absolute atomic E-state index is 0.571. The first-order valence-electron chi connectivity index (χ1n) is 3.97. The summed E-state index contributed by atoms with van der Waals surface area (Å²) in [5, 5.41) is 7.09. The van der Waals surface area contributed by atoms with Gasteiger partial charge in [-0.3, -0.25) is 4.79 Å². The molecule has 0 saturated heterocycles. The van der Waals surface area contributed by atoms with Gasteiger partial charge in [0.25, 0.3) is 0 Å². The smallest absolute Gasteiger partial charge is 0.309 e. The van der Waals surface area contributed by atoms with E-state index in [9.17, 15) is 4.79 Å². The lowest BCUT2D eigenvalue weighted by molar-refractivity contribution is 0.542. The van der Waals surface area contributed by atoms with Gasteiger partial charge in [-0.2, -0.15) is 0 Å². The van der Waals surface area contributed by atoms with E-state index in [0.29, 0.717) is 6.54 Å². The Morgan fingerprint density at radius 1 is 1.38 bits per heavy atom. The number of carbonyl (C=O) groups excluding carboxylic acids is 1. The molecule has 13 heavy (non-hydrogen) atoms. The maximum absolute atomic E-state index is 10.0. The van der Waals surface area contributed by atoms with Crippen molar-refractivity contribution in [1.82, 2.24) is 5.32 Å². The Morgan fingerprint density at radius 3 is 3.08 bits per heavy atom. The van der Waals surface area contributed by atoms with Crippen molar-refractivity contribution >= 4 is 28.5 Å². The topological polar surface area (TPSA) is 29.1 Å². The Hall–Kier alpha value is -1.35. The van der Waals surface area contributed by atoms with Gasteiger partial charge in [0.05, 0.1) is 6.54 Å². The second-order valence-electron chi connectivity index (χ2n) is 2.70. The highest BCUT2D eigenvalue weighted by atomic mass is 32.1. The fourth-order valence-electron chi connectivity index (χ4n) is 1.31. The standard InChI is InChI=1S/C10H8NOS/c12-7-11-5-10-9-4-2-1-3-8(9)6-13-10/h1-4,6H,5H2,(H,11,12). The number of rotatable bonds is 3. The van der Waals surface area contributed by atoms with Crippen molar-refractivity contribution in [3.63, 3.8) is 0 Å². The van der Waals surface area contributed by atoms with Crippen LogP contribution < -0.4 is 5.32 Å². The van der Waals surface area contributed by atoms with Crippen LogP contribution in [0.5, 0.6) is 0 Å². The van der Waals surface area contributed by atoms with Gasteiger partial charge in [-0.05, 0) is 16.2 Å². The van der Waals surface area contributed by atoms with Crippen LogP contribution in [0, 0.1) is 0 Å². The number of amides is 1. The van der Waals surface area contributed by atoms with E-state index < -0.39 is 0 Å². The Labute approximate surface area is 80.2 Å². The first kappa shape index (κ1) is 8.26. The van der Waals surface area contributed by atoms with Gasteiger partial charge >= 0.3 is 6.41 Å². The number of thiophene rings is 1. The fourth-order valence-corrected chi connectivity index (χ4v) is 2.25. The van der Waals surface area contributed by atoms with Crippen molar-refractivity contribution in [1.29, 1.82) is 0 Å². The summed E-state index contributed by atoms with van der Waals surface area (Å²) >= 11 is 1.66. The second-order valence-corrected chi connectivity index (χ2v) is 3.67. The Kier molecular flexibility index (Phi) is 2.27. The molecule has 0 aliphatic carbocycles. The minimum atomic E-state index is 0.571. The average molecular weight is 190 g/mol. The van der Waals surface area contributed by atoms with Crippen molar-refractivity contribution in [3.8, 4) is 0 Å². The van der Waals surface area contributed by atoms with E-state index in [1.165, 1.54) is 15.6 Å². The van der Waals surface area contributed by atoms with Crippen LogP contribution in [0.3, 0.4) is 0 Å². The van der Waals surface area contributed by atoms with Gasteiger partial charge in [-0.15, -0.1) is 11.3 Å². The normalized spacial score (nSPS) is 10.2. The quantitative estimate of drug-likeness (QED) is 0.737. The largest absolute Gasteiger partial charge is 0.343 e. The Morgan fingerprint density at radius 2 is 2.23 bits per heavy atom. The van der Waals surface area contributed by atoms with Crippen molar-refractivity contribution in [2.45, 2.75) is 6.54 Å². The fraction of sp³-hybridized carbons (Fsp3) is 0.100. The van der Waals surface area contributed by atoms with Gasteiger partial charge in [-0.25, -0.2) is 0 Å². The number of hydrogen-bond acceptors (Lipinski definition) is 2. The Balaban J connectivity index is 2.40. The summed E-state index contributed by atoms with van der Waals surface area (Å²) in [6.07, 6.45) is 1.68. The molecule has 1 amide bonds. The summed E-state index contributed by atoms with van der Waals surface area (Å²) in [4.78, 5) is 11.2. The second kappa shape index (κ2) is 3.58. The molecule has 2 aromatic rings. The van der Waals surface area contributed by atoms with Crippen LogP contribution in [0.2, 0.25) is 0 Å². The average Bonchev–Trinajstić information content (AvgIpc) is 2.58. The highest BCUT2D eigenvalue weighted by Crippen LogP contribution is 2.24. The van der Waals surface area contributed by atoms with E-state index in [4.69, 9.17) is 0 Å². The lowest BCUT2D eigenvalue weighted by Gasteiger charge is -1.95. The molecule has 1 radical (unpaired) electrons. The number of nitrogens with one attached hydrogen (secondary N) is 1. The first-order valence-corrected chi connectivity index (χ1v) is 4.85. The molecular formula is C10H8NOS. The molecule has 1 aromatic heterocycles. The third-order valence-electron chi connectivity index (χ3n) is 1.91. The van der Waals surface area contributed by atoms with Crippen molar-refractivity contribution in [2.24, 2.45) is 0 Å². The maximum Gasteiger partial charge on any atom is 0.309 e. The SMILES string of the molecule is O=[C]NCc1scc2ccccc12. The molecule has 0 aliphatic heterocycles. The molecule has 0 saturated carbocycles. The van der Waals surface area contributed by atoms with Gasteiger partial charge in [0.2, 0.25) is 0 Å². The minimum Gasteiger partial charge on any atom is -0.343 e. The van der Waals surface area contributed by atoms with Crippen molar-refractivity contribution in [2.75, 3.05) is 0 Å². The summed E-state index contributed by atoms with van der Waals surface area (Å²) in [5.41, 5.74) is 0. The van der Waals surface area contributed by atoms with Gasteiger partial charge in [0.15, 0.2) is 0 Å². The molecule has 1 heterocycles.